The van der Waals surface area contributed by atoms with Crippen molar-refractivity contribution in [2.24, 2.45) is 0 Å². The van der Waals surface area contributed by atoms with Gasteiger partial charge in [-0.3, -0.25) is 0 Å². The molecule has 0 saturated heterocycles. The number of nitrogens with one attached hydrogen (secondary N) is 1. The highest BCUT2D eigenvalue weighted by Crippen LogP contribution is 2.21. The highest BCUT2D eigenvalue weighted by atomic mass is 16.5. The standard InChI is InChI=1S/C16H14N2O/c1-2-5-13(6-3-1)12-19-15-8-4-7-14(11-15)16-17-9-10-18-16/h1-11H,12H2,(H,17,18). The average molecular weight is 250 g/mol. The molecule has 94 valence electrons. The van der Waals surface area contributed by atoms with Gasteiger partial charge >= 0.3 is 0 Å². The van der Waals surface area contributed by atoms with Crippen molar-refractivity contribution in [3.63, 3.8) is 0 Å². The molecule has 0 radical (unpaired) electrons. The summed E-state index contributed by atoms with van der Waals surface area (Å²) in [4.78, 5) is 7.32. The molecule has 1 N–H and O–H groups in total. The number of aromatic amines is 1. The minimum absolute atomic E-state index is 0.572. The van der Waals surface area contributed by atoms with Crippen LogP contribution in [0.1, 0.15) is 5.56 Å². The van der Waals surface area contributed by atoms with Crippen molar-refractivity contribution in [3.8, 4) is 17.1 Å². The lowest BCUT2D eigenvalue weighted by atomic mass is 10.2. The molecule has 1 aromatic heterocycles. The smallest absolute Gasteiger partial charge is 0.137 e. The van der Waals surface area contributed by atoms with E-state index in [1.807, 2.05) is 48.7 Å². The first-order chi connectivity index (χ1) is 9.42. The summed E-state index contributed by atoms with van der Waals surface area (Å²) in [6.45, 7) is 0.572. The van der Waals surface area contributed by atoms with Crippen molar-refractivity contribution in [2.75, 3.05) is 0 Å². The van der Waals surface area contributed by atoms with Crippen LogP contribution in [0.4, 0.5) is 0 Å². The average Bonchev–Trinajstić information content (AvgIpc) is 3.01. The summed E-state index contributed by atoms with van der Waals surface area (Å²) >= 11 is 0. The maximum absolute atomic E-state index is 5.79. The molecule has 3 rings (SSSR count). The highest BCUT2D eigenvalue weighted by molar-refractivity contribution is 5.57. The van der Waals surface area contributed by atoms with E-state index in [0.29, 0.717) is 6.61 Å². The van der Waals surface area contributed by atoms with Crippen molar-refractivity contribution in [3.05, 3.63) is 72.6 Å². The van der Waals surface area contributed by atoms with E-state index in [9.17, 15) is 0 Å². The van der Waals surface area contributed by atoms with E-state index in [-0.39, 0.29) is 0 Å². The van der Waals surface area contributed by atoms with Crippen LogP contribution >= 0.6 is 0 Å². The third-order valence-corrected chi connectivity index (χ3v) is 2.85. The number of imidazole rings is 1. The zero-order valence-electron chi connectivity index (χ0n) is 10.4. The van der Waals surface area contributed by atoms with Gasteiger partial charge in [0, 0.05) is 18.0 Å². The van der Waals surface area contributed by atoms with Gasteiger partial charge in [-0.2, -0.15) is 0 Å². The van der Waals surface area contributed by atoms with E-state index < -0.39 is 0 Å². The van der Waals surface area contributed by atoms with Crippen LogP contribution in [0.15, 0.2) is 67.0 Å². The van der Waals surface area contributed by atoms with Crippen molar-refractivity contribution in [1.82, 2.24) is 9.97 Å². The number of rotatable bonds is 4. The Morgan fingerprint density at radius 1 is 1.00 bits per heavy atom. The molecular formula is C16H14N2O. The largest absolute Gasteiger partial charge is 0.489 e. The normalized spacial score (nSPS) is 10.3. The molecular weight excluding hydrogens is 236 g/mol. The number of aromatic nitrogens is 2. The molecule has 0 bridgehead atoms. The summed E-state index contributed by atoms with van der Waals surface area (Å²) in [5.74, 6) is 1.70. The maximum Gasteiger partial charge on any atom is 0.137 e. The molecule has 0 atom stereocenters. The maximum atomic E-state index is 5.79. The minimum Gasteiger partial charge on any atom is -0.489 e. The molecule has 0 aliphatic heterocycles. The van der Waals surface area contributed by atoms with Crippen LogP contribution in [0.3, 0.4) is 0 Å². The van der Waals surface area contributed by atoms with E-state index in [1.54, 1.807) is 6.20 Å². The molecule has 0 saturated carbocycles. The van der Waals surface area contributed by atoms with Gasteiger partial charge in [0.15, 0.2) is 0 Å². The predicted molar refractivity (Wildman–Crippen MR) is 74.8 cm³/mol. The molecule has 0 amide bonds. The Morgan fingerprint density at radius 2 is 1.89 bits per heavy atom. The number of hydrogen-bond acceptors (Lipinski definition) is 2. The molecule has 0 aliphatic carbocycles. The van der Waals surface area contributed by atoms with Gasteiger partial charge in [-0.15, -0.1) is 0 Å². The Hall–Kier alpha value is -2.55. The molecule has 0 fully saturated rings. The molecule has 2 aromatic carbocycles. The van der Waals surface area contributed by atoms with Crippen LogP contribution in [0.5, 0.6) is 5.75 Å². The molecule has 0 spiro atoms. The molecule has 0 aliphatic rings. The molecule has 3 heteroatoms. The van der Waals surface area contributed by atoms with Crippen LogP contribution in [0.2, 0.25) is 0 Å². The zero-order valence-corrected chi connectivity index (χ0v) is 10.4. The molecule has 0 unspecified atom stereocenters. The Bertz CT molecular complexity index is 633. The van der Waals surface area contributed by atoms with E-state index in [2.05, 4.69) is 22.1 Å². The van der Waals surface area contributed by atoms with Gasteiger partial charge in [0.05, 0.1) is 0 Å². The summed E-state index contributed by atoms with van der Waals surface area (Å²) < 4.78 is 5.79. The van der Waals surface area contributed by atoms with Crippen LogP contribution < -0.4 is 4.74 Å². The van der Waals surface area contributed by atoms with Gasteiger partial charge in [0.2, 0.25) is 0 Å². The number of hydrogen-bond donors (Lipinski definition) is 1. The molecule has 19 heavy (non-hydrogen) atoms. The second-order valence-electron chi connectivity index (χ2n) is 4.24. The monoisotopic (exact) mass is 250 g/mol. The molecule has 3 aromatic rings. The van der Waals surface area contributed by atoms with Crippen LogP contribution in [-0.4, -0.2) is 9.97 Å². The molecule has 1 heterocycles. The minimum atomic E-state index is 0.572. The van der Waals surface area contributed by atoms with Crippen LogP contribution in [0, 0.1) is 0 Å². The highest BCUT2D eigenvalue weighted by Gasteiger charge is 2.02. The number of H-pyrrole nitrogens is 1. The summed E-state index contributed by atoms with van der Waals surface area (Å²) in [5, 5.41) is 0. The van der Waals surface area contributed by atoms with E-state index in [0.717, 1.165) is 22.7 Å². The lowest BCUT2D eigenvalue weighted by Crippen LogP contribution is -1.95. The van der Waals surface area contributed by atoms with Crippen molar-refractivity contribution in [2.45, 2.75) is 6.61 Å². The quantitative estimate of drug-likeness (QED) is 0.767. The lowest BCUT2D eigenvalue weighted by Gasteiger charge is -2.07. The first kappa shape index (κ1) is 11.5. The fourth-order valence-electron chi connectivity index (χ4n) is 1.90. The first-order valence-corrected chi connectivity index (χ1v) is 6.18. The lowest BCUT2D eigenvalue weighted by molar-refractivity contribution is 0.306. The predicted octanol–water partition coefficient (Wildman–Crippen LogP) is 3.66. The Labute approximate surface area is 111 Å². The fourth-order valence-corrected chi connectivity index (χ4v) is 1.90. The third-order valence-electron chi connectivity index (χ3n) is 2.85. The zero-order chi connectivity index (χ0) is 12.9. The second kappa shape index (κ2) is 5.40. The topological polar surface area (TPSA) is 37.9 Å². The van der Waals surface area contributed by atoms with Crippen LogP contribution in [0.25, 0.3) is 11.4 Å². The first-order valence-electron chi connectivity index (χ1n) is 6.18. The SMILES string of the molecule is c1ccc(COc2cccc(-c3ncc[nH]3)c2)cc1. The van der Waals surface area contributed by atoms with Gasteiger partial charge in [0.1, 0.15) is 18.2 Å². The van der Waals surface area contributed by atoms with E-state index in [1.165, 1.54) is 0 Å². The summed E-state index contributed by atoms with van der Waals surface area (Å²) in [7, 11) is 0. The van der Waals surface area contributed by atoms with Gasteiger partial charge in [-0.1, -0.05) is 42.5 Å². The number of benzene rings is 2. The fraction of sp³-hybridized carbons (Fsp3) is 0.0625. The van der Waals surface area contributed by atoms with Gasteiger partial charge in [0.25, 0.3) is 0 Å². The third kappa shape index (κ3) is 2.83. The summed E-state index contributed by atoms with van der Waals surface area (Å²) in [5.41, 5.74) is 2.18. The Kier molecular flexibility index (Phi) is 3.28. The summed E-state index contributed by atoms with van der Waals surface area (Å²) in [6, 6.07) is 18.0. The number of ether oxygens (including phenoxy) is 1. The van der Waals surface area contributed by atoms with Crippen molar-refractivity contribution >= 4 is 0 Å². The van der Waals surface area contributed by atoms with Gasteiger partial charge in [-0.25, -0.2) is 4.98 Å². The van der Waals surface area contributed by atoms with Crippen molar-refractivity contribution < 1.29 is 4.74 Å². The van der Waals surface area contributed by atoms with E-state index >= 15 is 0 Å². The van der Waals surface area contributed by atoms with Gasteiger partial charge in [-0.05, 0) is 17.7 Å². The number of nitrogens with zero attached hydrogens (tertiary/aromatic N) is 1. The Balaban J connectivity index is 1.74. The summed E-state index contributed by atoms with van der Waals surface area (Å²) in [6.07, 6.45) is 3.56. The second-order valence-corrected chi connectivity index (χ2v) is 4.24. The van der Waals surface area contributed by atoms with E-state index in [4.69, 9.17) is 4.74 Å². The van der Waals surface area contributed by atoms with Crippen molar-refractivity contribution in [1.29, 1.82) is 0 Å². The molecule has 3 nitrogen and oxygen atoms in total. The van der Waals surface area contributed by atoms with Crippen LogP contribution in [-0.2, 0) is 6.61 Å². The Morgan fingerprint density at radius 3 is 2.68 bits per heavy atom. The van der Waals surface area contributed by atoms with Gasteiger partial charge < -0.3 is 9.72 Å².